The summed E-state index contributed by atoms with van der Waals surface area (Å²) in [5.74, 6) is -1.18. The molecule has 0 aliphatic rings. The molecule has 0 aromatic heterocycles. The van der Waals surface area contributed by atoms with Gasteiger partial charge in [0.25, 0.3) is 10.0 Å². The van der Waals surface area contributed by atoms with Crippen LogP contribution in [0.5, 0.6) is 0 Å². The summed E-state index contributed by atoms with van der Waals surface area (Å²) in [6.45, 7) is 3.61. The fraction of sp³-hybridized carbons (Fsp3) is 0.222. The first kappa shape index (κ1) is 19.5. The quantitative estimate of drug-likeness (QED) is 0.777. The minimum Gasteiger partial charge on any atom is -0.465 e. The normalized spacial score (nSPS) is 10.9. The number of aryl methyl sites for hydroxylation is 1. The third-order valence-electron chi connectivity index (χ3n) is 3.56. The van der Waals surface area contributed by atoms with E-state index in [4.69, 9.17) is 4.74 Å². The Hall–Kier alpha value is -2.87. The number of hydrogen-bond donors (Lipinski definition) is 1. The fourth-order valence-electron chi connectivity index (χ4n) is 2.19. The number of carbonyl (C=O) groups is 2. The van der Waals surface area contributed by atoms with Crippen molar-refractivity contribution in [3.63, 3.8) is 0 Å². The van der Waals surface area contributed by atoms with Crippen LogP contribution < -0.4 is 4.72 Å². The monoisotopic (exact) mass is 377 g/mol. The summed E-state index contributed by atoms with van der Waals surface area (Å²) in [5, 5.41) is 0. The topological polar surface area (TPSA) is 98.8 Å². The molecule has 0 aliphatic heterocycles. The highest BCUT2D eigenvalue weighted by Gasteiger charge is 2.19. The third kappa shape index (κ3) is 4.40. The van der Waals surface area contributed by atoms with Gasteiger partial charge in [-0.25, -0.2) is 18.0 Å². The maximum absolute atomic E-state index is 12.6. The molecule has 0 radical (unpaired) electrons. The second-order valence-corrected chi connectivity index (χ2v) is 7.06. The Bertz CT molecular complexity index is 936. The van der Waals surface area contributed by atoms with E-state index in [0.717, 1.165) is 0 Å². The Morgan fingerprint density at radius 2 is 1.73 bits per heavy atom. The van der Waals surface area contributed by atoms with Crippen LogP contribution in [0.25, 0.3) is 0 Å². The standard InChI is InChI=1S/C18H19NO6S/c1-4-25-18(21)14-9-8-12(2)16(11-14)19-26(22,23)15-7-5-6-13(10-15)17(20)24-3/h5-11,19H,4H2,1-3H3. The van der Waals surface area contributed by atoms with E-state index >= 15 is 0 Å². The number of esters is 2. The third-order valence-corrected chi connectivity index (χ3v) is 4.92. The van der Waals surface area contributed by atoms with Gasteiger partial charge in [0.15, 0.2) is 0 Å². The van der Waals surface area contributed by atoms with Gasteiger partial charge in [0.1, 0.15) is 0 Å². The zero-order valence-electron chi connectivity index (χ0n) is 14.6. The molecule has 0 heterocycles. The SMILES string of the molecule is CCOC(=O)c1ccc(C)c(NS(=O)(=O)c2cccc(C(=O)OC)c2)c1. The Morgan fingerprint density at radius 1 is 1.04 bits per heavy atom. The Balaban J connectivity index is 2.36. The summed E-state index contributed by atoms with van der Waals surface area (Å²) in [5.41, 5.74) is 1.23. The fourth-order valence-corrected chi connectivity index (χ4v) is 3.35. The van der Waals surface area contributed by atoms with Crippen LogP contribution in [0.3, 0.4) is 0 Å². The molecule has 2 rings (SSSR count). The van der Waals surface area contributed by atoms with E-state index in [1.807, 2.05) is 0 Å². The molecular formula is C18H19NO6S. The number of sulfonamides is 1. The molecule has 26 heavy (non-hydrogen) atoms. The Morgan fingerprint density at radius 3 is 2.38 bits per heavy atom. The average Bonchev–Trinajstić information content (AvgIpc) is 2.63. The number of rotatable bonds is 6. The zero-order chi connectivity index (χ0) is 19.3. The highest BCUT2D eigenvalue weighted by atomic mass is 32.2. The Labute approximate surface area is 152 Å². The molecule has 1 N–H and O–H groups in total. The van der Waals surface area contributed by atoms with E-state index in [-0.39, 0.29) is 28.3 Å². The van der Waals surface area contributed by atoms with Crippen molar-refractivity contribution >= 4 is 27.6 Å². The molecule has 8 heteroatoms. The molecule has 0 saturated heterocycles. The van der Waals surface area contributed by atoms with Gasteiger partial charge in [-0.15, -0.1) is 0 Å². The lowest BCUT2D eigenvalue weighted by Gasteiger charge is -2.12. The maximum atomic E-state index is 12.6. The lowest BCUT2D eigenvalue weighted by Crippen LogP contribution is -2.15. The number of methoxy groups -OCH3 is 1. The van der Waals surface area contributed by atoms with Gasteiger partial charge >= 0.3 is 11.9 Å². The number of anilines is 1. The molecular weight excluding hydrogens is 358 g/mol. The summed E-state index contributed by atoms with van der Waals surface area (Å²) in [6, 6.07) is 10.1. The first-order chi connectivity index (χ1) is 12.3. The zero-order valence-corrected chi connectivity index (χ0v) is 15.4. The summed E-state index contributed by atoms with van der Waals surface area (Å²) < 4.78 is 37.3. The number of ether oxygens (including phenoxy) is 2. The molecule has 0 atom stereocenters. The van der Waals surface area contributed by atoms with Crippen LogP contribution in [0, 0.1) is 6.92 Å². The molecule has 0 bridgehead atoms. The maximum Gasteiger partial charge on any atom is 0.338 e. The van der Waals surface area contributed by atoms with Crippen molar-refractivity contribution in [3.8, 4) is 0 Å². The van der Waals surface area contributed by atoms with Gasteiger partial charge in [-0.2, -0.15) is 0 Å². The molecule has 0 unspecified atom stereocenters. The minimum absolute atomic E-state index is 0.0960. The van der Waals surface area contributed by atoms with Crippen LogP contribution in [0.15, 0.2) is 47.4 Å². The summed E-state index contributed by atoms with van der Waals surface area (Å²) in [4.78, 5) is 23.3. The predicted octanol–water partition coefficient (Wildman–Crippen LogP) is 2.76. The van der Waals surface area contributed by atoms with Gasteiger partial charge in [0.2, 0.25) is 0 Å². The van der Waals surface area contributed by atoms with E-state index in [2.05, 4.69) is 9.46 Å². The molecule has 0 amide bonds. The Kier molecular flexibility index (Phi) is 5.99. The lowest BCUT2D eigenvalue weighted by atomic mass is 10.1. The van der Waals surface area contributed by atoms with E-state index in [0.29, 0.717) is 5.56 Å². The van der Waals surface area contributed by atoms with Gasteiger partial charge in [-0.05, 0) is 49.7 Å². The molecule has 0 aliphatic carbocycles. The predicted molar refractivity (Wildman–Crippen MR) is 95.7 cm³/mol. The highest BCUT2D eigenvalue weighted by molar-refractivity contribution is 7.92. The van der Waals surface area contributed by atoms with Crippen LogP contribution in [-0.2, 0) is 19.5 Å². The van der Waals surface area contributed by atoms with Crippen molar-refractivity contribution < 1.29 is 27.5 Å². The largest absolute Gasteiger partial charge is 0.465 e. The molecule has 7 nitrogen and oxygen atoms in total. The number of nitrogens with one attached hydrogen (secondary N) is 1. The highest BCUT2D eigenvalue weighted by Crippen LogP contribution is 2.22. The molecule has 2 aromatic rings. The first-order valence-corrected chi connectivity index (χ1v) is 9.25. The van der Waals surface area contributed by atoms with Crippen molar-refractivity contribution in [2.24, 2.45) is 0 Å². The van der Waals surface area contributed by atoms with Crippen LogP contribution >= 0.6 is 0 Å². The molecule has 138 valence electrons. The second-order valence-electron chi connectivity index (χ2n) is 5.38. The van der Waals surface area contributed by atoms with E-state index in [1.165, 1.54) is 37.4 Å². The lowest BCUT2D eigenvalue weighted by molar-refractivity contribution is 0.0525. The summed E-state index contributed by atoms with van der Waals surface area (Å²) in [6.07, 6.45) is 0. The number of hydrogen-bond acceptors (Lipinski definition) is 6. The minimum atomic E-state index is -3.96. The van der Waals surface area contributed by atoms with E-state index in [9.17, 15) is 18.0 Å². The summed E-state index contributed by atoms with van der Waals surface area (Å²) in [7, 11) is -2.75. The van der Waals surface area contributed by atoms with Gasteiger partial charge in [-0.1, -0.05) is 12.1 Å². The van der Waals surface area contributed by atoms with Gasteiger partial charge in [-0.3, -0.25) is 4.72 Å². The number of carbonyl (C=O) groups excluding carboxylic acids is 2. The van der Waals surface area contributed by atoms with E-state index in [1.54, 1.807) is 26.0 Å². The first-order valence-electron chi connectivity index (χ1n) is 7.77. The van der Waals surface area contributed by atoms with Crippen molar-refractivity contribution in [3.05, 3.63) is 59.2 Å². The van der Waals surface area contributed by atoms with Crippen LogP contribution in [0.1, 0.15) is 33.2 Å². The molecule has 0 saturated carbocycles. The van der Waals surface area contributed by atoms with Crippen molar-refractivity contribution in [2.75, 3.05) is 18.4 Å². The van der Waals surface area contributed by atoms with Gasteiger partial charge < -0.3 is 9.47 Å². The van der Waals surface area contributed by atoms with Crippen LogP contribution in [-0.4, -0.2) is 34.1 Å². The van der Waals surface area contributed by atoms with Crippen LogP contribution in [0.4, 0.5) is 5.69 Å². The second kappa shape index (κ2) is 8.01. The average molecular weight is 377 g/mol. The van der Waals surface area contributed by atoms with Crippen molar-refractivity contribution in [2.45, 2.75) is 18.7 Å². The molecule has 0 fully saturated rings. The van der Waals surface area contributed by atoms with Gasteiger partial charge in [0.05, 0.1) is 35.4 Å². The van der Waals surface area contributed by atoms with Gasteiger partial charge in [0, 0.05) is 0 Å². The smallest absolute Gasteiger partial charge is 0.338 e. The van der Waals surface area contributed by atoms with Crippen molar-refractivity contribution in [1.82, 2.24) is 0 Å². The number of benzene rings is 2. The van der Waals surface area contributed by atoms with Crippen LogP contribution in [0.2, 0.25) is 0 Å². The molecule has 0 spiro atoms. The van der Waals surface area contributed by atoms with E-state index < -0.39 is 22.0 Å². The summed E-state index contributed by atoms with van der Waals surface area (Å²) >= 11 is 0. The van der Waals surface area contributed by atoms with Crippen molar-refractivity contribution in [1.29, 1.82) is 0 Å². The molecule has 2 aromatic carbocycles.